The predicted octanol–water partition coefficient (Wildman–Crippen LogP) is 3.70. The van der Waals surface area contributed by atoms with E-state index in [2.05, 4.69) is 69.7 Å². The van der Waals surface area contributed by atoms with E-state index in [1.807, 2.05) is 0 Å². The Labute approximate surface area is 191 Å². The highest BCUT2D eigenvalue weighted by Gasteiger charge is 2.21. The maximum Gasteiger partial charge on any atom is 0.0839 e. The number of β-amino-alcohol motifs (C(OH)–C–C–N with tert-alkyl or cyclic N) is 1. The number of anilines is 1. The molecule has 1 aliphatic heterocycles. The maximum atomic E-state index is 10.8. The highest BCUT2D eigenvalue weighted by Crippen LogP contribution is 2.33. The summed E-state index contributed by atoms with van der Waals surface area (Å²) in [4.78, 5) is 9.82. The number of aryl methyl sites for hydroxylation is 1. The van der Waals surface area contributed by atoms with Crippen molar-refractivity contribution in [3.63, 3.8) is 0 Å². The molecule has 3 aromatic rings. The number of hydrogen-bond donors (Lipinski definition) is 2. The van der Waals surface area contributed by atoms with Crippen molar-refractivity contribution in [1.82, 2.24) is 14.8 Å². The van der Waals surface area contributed by atoms with Crippen LogP contribution in [0.3, 0.4) is 0 Å². The Balaban J connectivity index is 1.17. The number of para-hydroxylation sites is 1. The van der Waals surface area contributed by atoms with Crippen molar-refractivity contribution in [1.29, 1.82) is 0 Å². The number of aliphatic hydroxyl groups excluding tert-OH is 1. The number of piperazine rings is 1. The second-order valence-corrected chi connectivity index (χ2v) is 9.23. The van der Waals surface area contributed by atoms with Gasteiger partial charge in [-0.2, -0.15) is 0 Å². The fourth-order valence-electron chi connectivity index (χ4n) is 5.13. The van der Waals surface area contributed by atoms with E-state index in [1.54, 1.807) is 0 Å². The third kappa shape index (κ3) is 4.96. The van der Waals surface area contributed by atoms with Crippen LogP contribution in [0.15, 0.2) is 54.6 Å². The first-order chi connectivity index (χ1) is 15.8. The molecule has 32 heavy (non-hydrogen) atoms. The highest BCUT2D eigenvalue weighted by atomic mass is 16.3. The SMILES string of the molecule is OC(CNc1c2c(nc3ccccc13)CCCC2)CN1CCN(Cc2ccccc2)CC1. The Hall–Kier alpha value is -2.47. The van der Waals surface area contributed by atoms with Crippen LogP contribution in [-0.2, 0) is 19.4 Å². The minimum absolute atomic E-state index is 0.387. The first-order valence-electron chi connectivity index (χ1n) is 12.1. The van der Waals surface area contributed by atoms with Crippen molar-refractivity contribution in [3.05, 3.63) is 71.4 Å². The van der Waals surface area contributed by atoms with Crippen LogP contribution in [0.2, 0.25) is 0 Å². The maximum absolute atomic E-state index is 10.8. The first kappa shape index (κ1) is 21.4. The van der Waals surface area contributed by atoms with Gasteiger partial charge in [-0.25, -0.2) is 0 Å². The van der Waals surface area contributed by atoms with Gasteiger partial charge in [-0.1, -0.05) is 48.5 Å². The highest BCUT2D eigenvalue weighted by molar-refractivity contribution is 5.93. The van der Waals surface area contributed by atoms with Crippen LogP contribution < -0.4 is 5.32 Å². The summed E-state index contributed by atoms with van der Waals surface area (Å²) in [5, 5.41) is 15.6. The third-order valence-corrected chi connectivity index (χ3v) is 6.87. The van der Waals surface area contributed by atoms with Gasteiger partial charge in [0.15, 0.2) is 0 Å². The minimum Gasteiger partial charge on any atom is -0.390 e. The Bertz CT molecular complexity index is 1030. The number of fused-ring (bicyclic) bond motifs is 2. The van der Waals surface area contributed by atoms with Gasteiger partial charge in [-0.3, -0.25) is 14.8 Å². The number of benzene rings is 2. The summed E-state index contributed by atoms with van der Waals surface area (Å²) in [7, 11) is 0. The standard InChI is InChI=1S/C27H34N4O/c32-22(20-31-16-14-30(15-17-31)19-21-8-2-1-3-9-21)18-28-27-23-10-4-6-12-25(23)29-26-13-7-5-11-24(26)27/h1-4,6,8-10,12,22,32H,5,7,11,13-20H2,(H,28,29). The Morgan fingerprint density at radius 1 is 0.875 bits per heavy atom. The molecule has 1 saturated heterocycles. The molecule has 2 aliphatic rings. The number of hydrogen-bond acceptors (Lipinski definition) is 5. The molecule has 5 rings (SSSR count). The number of rotatable bonds is 7. The molecule has 2 heterocycles. The molecule has 1 atom stereocenters. The second-order valence-electron chi connectivity index (χ2n) is 9.23. The summed E-state index contributed by atoms with van der Waals surface area (Å²) in [6, 6.07) is 19.1. The normalized spacial score (nSPS) is 18.4. The van der Waals surface area contributed by atoms with Crippen molar-refractivity contribution in [2.75, 3.05) is 44.6 Å². The number of nitrogens with one attached hydrogen (secondary N) is 1. The largest absolute Gasteiger partial charge is 0.390 e. The summed E-state index contributed by atoms with van der Waals surface area (Å²) >= 11 is 0. The summed E-state index contributed by atoms with van der Waals surface area (Å²) in [5.74, 6) is 0. The lowest BCUT2D eigenvalue weighted by atomic mass is 9.92. The van der Waals surface area contributed by atoms with Gasteiger partial charge >= 0.3 is 0 Å². The molecular formula is C27H34N4O. The molecule has 0 saturated carbocycles. The monoisotopic (exact) mass is 430 g/mol. The summed E-state index contributed by atoms with van der Waals surface area (Å²) < 4.78 is 0. The van der Waals surface area contributed by atoms with Crippen LogP contribution in [0.1, 0.15) is 29.7 Å². The smallest absolute Gasteiger partial charge is 0.0839 e. The van der Waals surface area contributed by atoms with Crippen LogP contribution in [0.4, 0.5) is 5.69 Å². The fourth-order valence-corrected chi connectivity index (χ4v) is 5.13. The zero-order valence-corrected chi connectivity index (χ0v) is 18.8. The lowest BCUT2D eigenvalue weighted by molar-refractivity contribution is 0.0756. The van der Waals surface area contributed by atoms with Crippen LogP contribution in [0.25, 0.3) is 10.9 Å². The van der Waals surface area contributed by atoms with E-state index in [1.165, 1.54) is 40.7 Å². The quantitative estimate of drug-likeness (QED) is 0.599. The molecule has 1 aliphatic carbocycles. The Kier molecular flexibility index (Phi) is 6.67. The first-order valence-corrected chi connectivity index (χ1v) is 12.1. The van der Waals surface area contributed by atoms with Gasteiger partial charge in [0, 0.05) is 62.6 Å². The number of pyridine rings is 1. The minimum atomic E-state index is -0.387. The Morgan fingerprint density at radius 2 is 1.59 bits per heavy atom. The fraction of sp³-hybridized carbons (Fsp3) is 0.444. The van der Waals surface area contributed by atoms with Gasteiger partial charge < -0.3 is 10.4 Å². The second kappa shape index (κ2) is 9.99. The molecule has 168 valence electrons. The average Bonchev–Trinajstić information content (AvgIpc) is 2.83. The van der Waals surface area contributed by atoms with E-state index in [9.17, 15) is 5.11 Å². The average molecular weight is 431 g/mol. The molecule has 0 spiro atoms. The molecule has 1 unspecified atom stereocenters. The van der Waals surface area contributed by atoms with E-state index in [-0.39, 0.29) is 6.10 Å². The molecule has 0 bridgehead atoms. The van der Waals surface area contributed by atoms with Crippen LogP contribution in [-0.4, -0.2) is 65.3 Å². The van der Waals surface area contributed by atoms with Gasteiger partial charge in [0.05, 0.1) is 11.6 Å². The van der Waals surface area contributed by atoms with Crippen molar-refractivity contribution >= 4 is 16.6 Å². The lowest BCUT2D eigenvalue weighted by Gasteiger charge is -2.35. The van der Waals surface area contributed by atoms with E-state index in [0.29, 0.717) is 6.54 Å². The van der Waals surface area contributed by atoms with Crippen molar-refractivity contribution in [3.8, 4) is 0 Å². The number of aromatic nitrogens is 1. The number of aliphatic hydroxyl groups is 1. The molecule has 1 fully saturated rings. The predicted molar refractivity (Wildman–Crippen MR) is 131 cm³/mol. The van der Waals surface area contributed by atoms with Crippen molar-refractivity contribution in [2.45, 2.75) is 38.3 Å². The molecule has 1 aromatic heterocycles. The number of nitrogens with zero attached hydrogens (tertiary/aromatic N) is 3. The summed E-state index contributed by atoms with van der Waals surface area (Å²) in [6.45, 7) is 6.44. The van der Waals surface area contributed by atoms with Crippen LogP contribution in [0.5, 0.6) is 0 Å². The zero-order valence-electron chi connectivity index (χ0n) is 18.8. The third-order valence-electron chi connectivity index (χ3n) is 6.87. The summed E-state index contributed by atoms with van der Waals surface area (Å²) in [5.41, 5.74) is 6.22. The van der Waals surface area contributed by atoms with Crippen molar-refractivity contribution in [2.24, 2.45) is 0 Å². The van der Waals surface area contributed by atoms with E-state index in [0.717, 1.165) is 57.6 Å². The van der Waals surface area contributed by atoms with E-state index < -0.39 is 0 Å². The van der Waals surface area contributed by atoms with Crippen molar-refractivity contribution < 1.29 is 5.11 Å². The van der Waals surface area contributed by atoms with Gasteiger partial charge in [-0.05, 0) is 42.9 Å². The Morgan fingerprint density at radius 3 is 2.44 bits per heavy atom. The zero-order chi connectivity index (χ0) is 21.8. The van der Waals surface area contributed by atoms with Crippen LogP contribution in [0, 0.1) is 0 Å². The van der Waals surface area contributed by atoms with Gasteiger partial charge in [0.2, 0.25) is 0 Å². The molecule has 5 nitrogen and oxygen atoms in total. The van der Waals surface area contributed by atoms with E-state index >= 15 is 0 Å². The van der Waals surface area contributed by atoms with Gasteiger partial charge in [-0.15, -0.1) is 0 Å². The molecular weight excluding hydrogens is 396 g/mol. The lowest BCUT2D eigenvalue weighted by Crippen LogP contribution is -2.48. The summed E-state index contributed by atoms with van der Waals surface area (Å²) in [6.07, 6.45) is 4.19. The molecule has 2 aromatic carbocycles. The van der Waals surface area contributed by atoms with Gasteiger partial charge in [0.25, 0.3) is 0 Å². The van der Waals surface area contributed by atoms with Crippen LogP contribution >= 0.6 is 0 Å². The molecule has 5 heteroatoms. The van der Waals surface area contributed by atoms with E-state index in [4.69, 9.17) is 4.98 Å². The van der Waals surface area contributed by atoms with Gasteiger partial charge in [0.1, 0.15) is 0 Å². The topological polar surface area (TPSA) is 51.6 Å². The molecule has 0 amide bonds. The molecule has 0 radical (unpaired) electrons. The molecule has 2 N–H and O–H groups in total.